The molecule has 0 amide bonds. The highest BCUT2D eigenvalue weighted by atomic mass is 19.1. The summed E-state index contributed by atoms with van der Waals surface area (Å²) < 4.78 is 35.5. The summed E-state index contributed by atoms with van der Waals surface area (Å²) in [6.45, 7) is 6.29. The number of pyridine rings is 1. The van der Waals surface area contributed by atoms with Crippen LogP contribution in [0.3, 0.4) is 0 Å². The van der Waals surface area contributed by atoms with Crippen molar-refractivity contribution in [1.29, 1.82) is 0 Å². The third-order valence-corrected chi connectivity index (χ3v) is 5.58. The molecule has 0 saturated heterocycles. The van der Waals surface area contributed by atoms with Crippen molar-refractivity contribution in [1.82, 2.24) is 4.98 Å². The molecule has 0 spiro atoms. The lowest BCUT2D eigenvalue weighted by Gasteiger charge is -2.11. The van der Waals surface area contributed by atoms with Crippen LogP contribution in [0.15, 0.2) is 59.1 Å². The van der Waals surface area contributed by atoms with Crippen molar-refractivity contribution in [3.63, 3.8) is 0 Å². The number of halogens is 2. The van der Waals surface area contributed by atoms with Gasteiger partial charge in [-0.15, -0.1) is 0 Å². The third kappa shape index (κ3) is 2.63. The topological polar surface area (TPSA) is 26.0 Å². The molecule has 0 saturated carbocycles. The molecule has 0 bridgehead atoms. The molecule has 2 nitrogen and oxygen atoms in total. The maximum atomic E-state index is 14.9. The van der Waals surface area contributed by atoms with Crippen LogP contribution in [0.4, 0.5) is 8.78 Å². The van der Waals surface area contributed by atoms with E-state index in [2.05, 4.69) is 18.8 Å². The summed E-state index contributed by atoms with van der Waals surface area (Å²) in [4.78, 5) is 4.60. The minimum Gasteiger partial charge on any atom is -0.455 e. The van der Waals surface area contributed by atoms with Gasteiger partial charge in [-0.1, -0.05) is 38.1 Å². The molecule has 0 N–H and O–H groups in total. The highest BCUT2D eigenvalue weighted by Gasteiger charge is 2.20. The quantitative estimate of drug-likeness (QED) is 0.313. The summed E-state index contributed by atoms with van der Waals surface area (Å²) in [5.41, 5.74) is 4.42. The lowest BCUT2D eigenvalue weighted by atomic mass is 9.97. The van der Waals surface area contributed by atoms with Crippen LogP contribution < -0.4 is 0 Å². The second-order valence-corrected chi connectivity index (χ2v) is 7.76. The van der Waals surface area contributed by atoms with Crippen LogP contribution in [0.2, 0.25) is 0 Å². The molecule has 29 heavy (non-hydrogen) atoms. The molecule has 0 fully saturated rings. The number of nitrogens with zero attached hydrogens (tertiary/aromatic N) is 1. The summed E-state index contributed by atoms with van der Waals surface area (Å²) >= 11 is 0. The van der Waals surface area contributed by atoms with Crippen molar-refractivity contribution in [3.05, 3.63) is 77.5 Å². The third-order valence-electron chi connectivity index (χ3n) is 5.58. The molecule has 0 aliphatic rings. The first-order valence-corrected chi connectivity index (χ1v) is 9.64. The Balaban J connectivity index is 1.88. The van der Waals surface area contributed by atoms with E-state index in [4.69, 9.17) is 4.42 Å². The van der Waals surface area contributed by atoms with Gasteiger partial charge in [0.1, 0.15) is 22.8 Å². The van der Waals surface area contributed by atoms with Crippen molar-refractivity contribution < 1.29 is 13.2 Å². The van der Waals surface area contributed by atoms with E-state index in [-0.39, 0.29) is 5.82 Å². The Bertz CT molecular complexity index is 1420. The standard InChI is InChI=1S/C25H19F2NO/c1-13(2)18-12-28-21(10-14(18)3)17-8-9-19(26)24-23-16-7-5-4-6-15(16)20(27)11-22(23)29-25(17)24/h4-13H,1-3H3. The number of rotatable bonds is 2. The van der Waals surface area contributed by atoms with Gasteiger partial charge >= 0.3 is 0 Å². The van der Waals surface area contributed by atoms with Crippen molar-refractivity contribution in [2.24, 2.45) is 0 Å². The van der Waals surface area contributed by atoms with Gasteiger partial charge in [-0.2, -0.15) is 0 Å². The molecule has 5 aromatic rings. The van der Waals surface area contributed by atoms with E-state index in [1.807, 2.05) is 25.3 Å². The predicted octanol–water partition coefficient (Wildman–Crippen LogP) is 7.51. The molecule has 0 unspecified atom stereocenters. The molecule has 2 heterocycles. The fraction of sp³-hybridized carbons (Fsp3) is 0.160. The van der Waals surface area contributed by atoms with Crippen LogP contribution >= 0.6 is 0 Å². The molecule has 5 rings (SSSR count). The zero-order chi connectivity index (χ0) is 20.3. The number of furan rings is 1. The lowest BCUT2D eigenvalue weighted by Crippen LogP contribution is -1.95. The molecule has 3 aromatic carbocycles. The summed E-state index contributed by atoms with van der Waals surface area (Å²) in [5.74, 6) is -0.413. The van der Waals surface area contributed by atoms with Gasteiger partial charge < -0.3 is 4.42 Å². The maximum absolute atomic E-state index is 14.9. The Hall–Kier alpha value is -3.27. The number of aryl methyl sites for hydroxylation is 1. The number of aromatic nitrogens is 1. The SMILES string of the molecule is Cc1cc(-c2ccc(F)c3c2oc2cc(F)c4ccccc4c23)ncc1C(C)C. The average molecular weight is 387 g/mol. The number of fused-ring (bicyclic) bond motifs is 5. The molecule has 4 heteroatoms. The van der Waals surface area contributed by atoms with Gasteiger partial charge in [0.05, 0.1) is 11.1 Å². The minimum absolute atomic E-state index is 0.332. The largest absolute Gasteiger partial charge is 0.455 e. The molecular weight excluding hydrogens is 368 g/mol. The summed E-state index contributed by atoms with van der Waals surface area (Å²) in [6.07, 6.45) is 1.86. The molecule has 144 valence electrons. The monoisotopic (exact) mass is 387 g/mol. The van der Waals surface area contributed by atoms with E-state index >= 15 is 0 Å². The van der Waals surface area contributed by atoms with Crippen LogP contribution in [0.1, 0.15) is 30.9 Å². The van der Waals surface area contributed by atoms with Gasteiger partial charge in [0.25, 0.3) is 0 Å². The van der Waals surface area contributed by atoms with Gasteiger partial charge in [-0.25, -0.2) is 8.78 Å². The van der Waals surface area contributed by atoms with Crippen LogP contribution in [0.5, 0.6) is 0 Å². The van der Waals surface area contributed by atoms with Crippen LogP contribution in [-0.4, -0.2) is 4.98 Å². The molecule has 0 aliphatic heterocycles. The van der Waals surface area contributed by atoms with E-state index < -0.39 is 5.82 Å². The zero-order valence-corrected chi connectivity index (χ0v) is 16.4. The van der Waals surface area contributed by atoms with E-state index in [9.17, 15) is 8.78 Å². The van der Waals surface area contributed by atoms with Gasteiger partial charge in [0.15, 0.2) is 0 Å². The maximum Gasteiger partial charge on any atom is 0.147 e. The highest BCUT2D eigenvalue weighted by molar-refractivity contribution is 6.20. The Morgan fingerprint density at radius 2 is 1.66 bits per heavy atom. The van der Waals surface area contributed by atoms with Crippen LogP contribution in [0, 0.1) is 18.6 Å². The highest BCUT2D eigenvalue weighted by Crippen LogP contribution is 2.41. The van der Waals surface area contributed by atoms with Crippen LogP contribution in [0.25, 0.3) is 44.0 Å². The lowest BCUT2D eigenvalue weighted by molar-refractivity contribution is 0.625. The van der Waals surface area contributed by atoms with Crippen molar-refractivity contribution in [3.8, 4) is 11.3 Å². The molecule has 0 radical (unpaired) electrons. The van der Waals surface area contributed by atoms with Gasteiger partial charge in [-0.05, 0) is 47.6 Å². The summed E-state index contributed by atoms with van der Waals surface area (Å²) in [7, 11) is 0. The first-order valence-electron chi connectivity index (χ1n) is 9.64. The molecule has 0 atom stereocenters. The minimum atomic E-state index is -0.394. The molecule has 0 aliphatic carbocycles. The van der Waals surface area contributed by atoms with Crippen molar-refractivity contribution in [2.45, 2.75) is 26.7 Å². The molecule has 2 aromatic heterocycles. The van der Waals surface area contributed by atoms with Gasteiger partial charge in [0, 0.05) is 28.6 Å². The van der Waals surface area contributed by atoms with E-state index in [1.165, 1.54) is 17.7 Å². The Kier molecular flexibility index (Phi) is 3.91. The second-order valence-electron chi connectivity index (χ2n) is 7.76. The van der Waals surface area contributed by atoms with E-state index in [1.54, 1.807) is 24.3 Å². The van der Waals surface area contributed by atoms with Crippen molar-refractivity contribution in [2.75, 3.05) is 0 Å². The fourth-order valence-corrected chi connectivity index (χ4v) is 4.17. The second kappa shape index (κ2) is 6.38. The van der Waals surface area contributed by atoms with Gasteiger partial charge in [-0.3, -0.25) is 4.98 Å². The first kappa shape index (κ1) is 17.8. The Morgan fingerprint density at radius 1 is 0.897 bits per heavy atom. The summed E-state index contributed by atoms with van der Waals surface area (Å²) in [5, 5.41) is 2.03. The Morgan fingerprint density at radius 3 is 2.38 bits per heavy atom. The first-order chi connectivity index (χ1) is 14.0. The molecular formula is C25H19F2NO. The fourth-order valence-electron chi connectivity index (χ4n) is 4.17. The predicted molar refractivity (Wildman–Crippen MR) is 113 cm³/mol. The average Bonchev–Trinajstić information content (AvgIpc) is 3.08. The van der Waals surface area contributed by atoms with Crippen LogP contribution in [-0.2, 0) is 0 Å². The number of hydrogen-bond acceptors (Lipinski definition) is 2. The number of hydrogen-bond donors (Lipinski definition) is 0. The van der Waals surface area contributed by atoms with E-state index in [0.717, 1.165) is 5.56 Å². The normalized spacial score (nSPS) is 11.9. The smallest absolute Gasteiger partial charge is 0.147 e. The number of benzene rings is 3. The summed E-state index contributed by atoms with van der Waals surface area (Å²) in [6, 6.07) is 13.5. The zero-order valence-electron chi connectivity index (χ0n) is 16.4. The van der Waals surface area contributed by atoms with Crippen molar-refractivity contribution >= 4 is 32.7 Å². The van der Waals surface area contributed by atoms with E-state index in [0.29, 0.717) is 49.9 Å². The van der Waals surface area contributed by atoms with Gasteiger partial charge in [0.2, 0.25) is 0 Å². The Labute approximate surface area is 166 Å².